The van der Waals surface area contributed by atoms with Gasteiger partial charge in [-0.25, -0.2) is 14.8 Å². The molecule has 0 unspecified atom stereocenters. The molecule has 2 aromatic carbocycles. The number of ether oxygens (including phenoxy) is 1. The van der Waals surface area contributed by atoms with Crippen molar-refractivity contribution in [1.82, 2.24) is 9.97 Å². The van der Waals surface area contributed by atoms with Gasteiger partial charge in [-0.15, -0.1) is 0 Å². The molecule has 0 aliphatic heterocycles. The smallest absolute Gasteiger partial charge is 0.376 e. The van der Waals surface area contributed by atoms with Gasteiger partial charge in [-0.05, 0) is 19.1 Å². The van der Waals surface area contributed by atoms with Gasteiger partial charge in [0.05, 0.1) is 33.9 Å². The molecule has 0 saturated heterocycles. The second-order valence-electron chi connectivity index (χ2n) is 5.05. The van der Waals surface area contributed by atoms with Crippen LogP contribution in [0.4, 0.5) is 5.69 Å². The van der Waals surface area contributed by atoms with E-state index in [1.165, 1.54) is 0 Å². The monoisotopic (exact) mass is 341 g/mol. The number of anilines is 1. The number of hydrogen-bond acceptors (Lipinski definition) is 5. The minimum atomic E-state index is -0.544. The second-order valence-corrected chi connectivity index (χ2v) is 5.46. The lowest BCUT2D eigenvalue weighted by Gasteiger charge is -2.13. The van der Waals surface area contributed by atoms with Crippen LogP contribution in [0.3, 0.4) is 0 Å². The summed E-state index contributed by atoms with van der Waals surface area (Å²) in [6, 6.07) is 13.1. The van der Waals surface area contributed by atoms with E-state index >= 15 is 0 Å². The van der Waals surface area contributed by atoms with Crippen LogP contribution in [0.2, 0.25) is 5.02 Å². The SMILES string of the molecule is CCOC(=O)c1nc(-c2ccccc2)c2c(NC)c(Cl)ccc2n1. The molecule has 3 aromatic rings. The van der Waals surface area contributed by atoms with Crippen LogP contribution in [0.5, 0.6) is 0 Å². The predicted molar refractivity (Wildman–Crippen MR) is 95.5 cm³/mol. The number of nitrogens with one attached hydrogen (secondary N) is 1. The van der Waals surface area contributed by atoms with Gasteiger partial charge in [0.15, 0.2) is 0 Å². The number of esters is 1. The molecule has 0 amide bonds. The molecule has 0 spiro atoms. The van der Waals surface area contributed by atoms with Crippen molar-refractivity contribution in [3.8, 4) is 11.3 Å². The maximum Gasteiger partial charge on any atom is 0.376 e. The summed E-state index contributed by atoms with van der Waals surface area (Å²) in [6.45, 7) is 2.01. The summed E-state index contributed by atoms with van der Waals surface area (Å²) in [6.07, 6.45) is 0. The van der Waals surface area contributed by atoms with Gasteiger partial charge in [-0.3, -0.25) is 0 Å². The summed E-state index contributed by atoms with van der Waals surface area (Å²) in [7, 11) is 1.79. The van der Waals surface area contributed by atoms with E-state index in [-0.39, 0.29) is 12.4 Å². The normalized spacial score (nSPS) is 10.6. The first-order valence-electron chi connectivity index (χ1n) is 7.56. The molecule has 3 rings (SSSR count). The Kier molecular flexibility index (Phi) is 4.62. The van der Waals surface area contributed by atoms with E-state index in [1.807, 2.05) is 30.3 Å². The van der Waals surface area contributed by atoms with Gasteiger partial charge in [-0.1, -0.05) is 41.9 Å². The zero-order valence-corrected chi connectivity index (χ0v) is 14.1. The van der Waals surface area contributed by atoms with Crippen molar-refractivity contribution in [2.75, 3.05) is 19.0 Å². The Labute approximate surface area is 144 Å². The number of rotatable bonds is 4. The van der Waals surface area contributed by atoms with E-state index in [1.54, 1.807) is 26.1 Å². The Balaban J connectivity index is 2.35. The molecule has 1 aromatic heterocycles. The number of fused-ring (bicyclic) bond motifs is 1. The molecular formula is C18H16ClN3O2. The molecular weight excluding hydrogens is 326 g/mol. The first-order valence-corrected chi connectivity index (χ1v) is 7.94. The highest BCUT2D eigenvalue weighted by atomic mass is 35.5. The van der Waals surface area contributed by atoms with E-state index in [2.05, 4.69) is 15.3 Å². The van der Waals surface area contributed by atoms with Gasteiger partial charge in [0.25, 0.3) is 0 Å². The van der Waals surface area contributed by atoms with Crippen LogP contribution >= 0.6 is 11.6 Å². The van der Waals surface area contributed by atoms with Gasteiger partial charge in [0.1, 0.15) is 0 Å². The van der Waals surface area contributed by atoms with E-state index in [9.17, 15) is 4.79 Å². The fourth-order valence-electron chi connectivity index (χ4n) is 2.54. The quantitative estimate of drug-likeness (QED) is 0.721. The second kappa shape index (κ2) is 6.84. The Hall–Kier alpha value is -2.66. The van der Waals surface area contributed by atoms with Gasteiger partial charge >= 0.3 is 5.97 Å². The van der Waals surface area contributed by atoms with E-state index in [4.69, 9.17) is 16.3 Å². The molecule has 1 N–H and O–H groups in total. The number of nitrogens with zero attached hydrogens (tertiary/aromatic N) is 2. The maximum atomic E-state index is 12.1. The summed E-state index contributed by atoms with van der Waals surface area (Å²) in [5.41, 5.74) is 2.86. The van der Waals surface area contributed by atoms with Crippen molar-refractivity contribution in [3.63, 3.8) is 0 Å². The lowest BCUT2D eigenvalue weighted by atomic mass is 10.0. The highest BCUT2D eigenvalue weighted by Gasteiger charge is 2.19. The van der Waals surface area contributed by atoms with Crippen molar-refractivity contribution in [2.24, 2.45) is 0 Å². The maximum absolute atomic E-state index is 12.1. The summed E-state index contributed by atoms with van der Waals surface area (Å²) >= 11 is 6.31. The lowest BCUT2D eigenvalue weighted by molar-refractivity contribution is 0.0512. The number of carbonyl (C=O) groups excluding carboxylic acids is 1. The molecule has 0 atom stereocenters. The number of aromatic nitrogens is 2. The third kappa shape index (κ3) is 2.90. The van der Waals surface area contributed by atoms with Crippen molar-refractivity contribution in [1.29, 1.82) is 0 Å². The Morgan fingerprint density at radius 2 is 1.92 bits per heavy atom. The largest absolute Gasteiger partial charge is 0.460 e. The van der Waals surface area contributed by atoms with Crippen LogP contribution in [0.25, 0.3) is 22.2 Å². The molecule has 0 aliphatic rings. The minimum Gasteiger partial charge on any atom is -0.460 e. The molecule has 0 saturated carbocycles. The Bertz CT molecular complexity index is 898. The topological polar surface area (TPSA) is 64.1 Å². The minimum absolute atomic E-state index is 0.0348. The van der Waals surface area contributed by atoms with Gasteiger partial charge < -0.3 is 10.1 Å². The standard InChI is InChI=1S/C18H16ClN3O2/c1-3-24-18(23)17-21-13-10-9-12(19)16(20-2)14(13)15(22-17)11-7-5-4-6-8-11/h4-10,20H,3H2,1-2H3. The van der Waals surface area contributed by atoms with Crippen LogP contribution in [-0.4, -0.2) is 29.6 Å². The number of halogens is 1. The summed E-state index contributed by atoms with van der Waals surface area (Å²) < 4.78 is 5.04. The van der Waals surface area contributed by atoms with Crippen molar-refractivity contribution in [3.05, 3.63) is 53.3 Å². The highest BCUT2D eigenvalue weighted by Crippen LogP contribution is 2.36. The molecule has 0 fully saturated rings. The molecule has 0 bridgehead atoms. The molecule has 24 heavy (non-hydrogen) atoms. The summed E-state index contributed by atoms with van der Waals surface area (Å²) in [5, 5.41) is 4.43. The van der Waals surface area contributed by atoms with Crippen LogP contribution in [-0.2, 0) is 4.74 Å². The van der Waals surface area contributed by atoms with Crippen LogP contribution in [0.1, 0.15) is 17.5 Å². The van der Waals surface area contributed by atoms with Crippen molar-refractivity contribution in [2.45, 2.75) is 6.92 Å². The fraction of sp³-hybridized carbons (Fsp3) is 0.167. The molecule has 122 valence electrons. The molecule has 0 radical (unpaired) electrons. The van der Waals surface area contributed by atoms with E-state index in [0.717, 1.165) is 16.6 Å². The van der Waals surface area contributed by atoms with Gasteiger partial charge in [0, 0.05) is 12.6 Å². The Morgan fingerprint density at radius 3 is 2.58 bits per heavy atom. The van der Waals surface area contributed by atoms with Gasteiger partial charge in [-0.2, -0.15) is 0 Å². The fourth-order valence-corrected chi connectivity index (χ4v) is 2.79. The lowest BCUT2D eigenvalue weighted by Crippen LogP contribution is -2.11. The Morgan fingerprint density at radius 1 is 1.17 bits per heavy atom. The first kappa shape index (κ1) is 16.2. The first-order chi connectivity index (χ1) is 11.7. The van der Waals surface area contributed by atoms with E-state index < -0.39 is 5.97 Å². The molecule has 1 heterocycles. The highest BCUT2D eigenvalue weighted by molar-refractivity contribution is 6.35. The van der Waals surface area contributed by atoms with Gasteiger partial charge in [0.2, 0.25) is 5.82 Å². The third-order valence-electron chi connectivity index (χ3n) is 3.57. The molecule has 6 heteroatoms. The van der Waals surface area contributed by atoms with Crippen molar-refractivity contribution >= 4 is 34.2 Å². The molecule has 0 aliphatic carbocycles. The third-order valence-corrected chi connectivity index (χ3v) is 3.88. The van der Waals surface area contributed by atoms with Crippen molar-refractivity contribution < 1.29 is 9.53 Å². The summed E-state index contributed by atoms with van der Waals surface area (Å²) in [5.74, 6) is -0.509. The summed E-state index contributed by atoms with van der Waals surface area (Å²) in [4.78, 5) is 20.9. The van der Waals surface area contributed by atoms with Crippen LogP contribution in [0, 0.1) is 0 Å². The average Bonchev–Trinajstić information content (AvgIpc) is 2.62. The number of benzene rings is 2. The van der Waals surface area contributed by atoms with Crippen LogP contribution in [0.15, 0.2) is 42.5 Å². The average molecular weight is 342 g/mol. The zero-order valence-electron chi connectivity index (χ0n) is 13.3. The molecule has 5 nitrogen and oxygen atoms in total. The number of carbonyl (C=O) groups is 1. The predicted octanol–water partition coefficient (Wildman–Crippen LogP) is 4.17. The number of hydrogen-bond donors (Lipinski definition) is 1. The zero-order chi connectivity index (χ0) is 17.1. The van der Waals surface area contributed by atoms with E-state index in [0.29, 0.717) is 16.2 Å². The van der Waals surface area contributed by atoms with Crippen LogP contribution < -0.4 is 5.32 Å².